The Hall–Kier alpha value is -2.98. The zero-order valence-electron chi connectivity index (χ0n) is 18.3. The van der Waals surface area contributed by atoms with E-state index >= 15 is 0 Å². The second-order valence-electron chi connectivity index (χ2n) is 8.48. The summed E-state index contributed by atoms with van der Waals surface area (Å²) < 4.78 is 56.8. The Morgan fingerprint density at radius 2 is 1.50 bits per heavy atom. The fraction of sp³-hybridized carbons (Fsp3) is 0.200. The molecule has 1 aliphatic carbocycles. The van der Waals surface area contributed by atoms with Crippen molar-refractivity contribution in [3.05, 3.63) is 96.2 Å². The molecule has 34 heavy (non-hydrogen) atoms. The van der Waals surface area contributed by atoms with Gasteiger partial charge in [-0.1, -0.05) is 54.6 Å². The van der Waals surface area contributed by atoms with Crippen molar-refractivity contribution in [2.24, 2.45) is 0 Å². The predicted octanol–water partition coefficient (Wildman–Crippen LogP) is 3.72. The van der Waals surface area contributed by atoms with Crippen LogP contribution in [-0.4, -0.2) is 34.4 Å². The summed E-state index contributed by atoms with van der Waals surface area (Å²) in [6, 6.07) is 23.0. The smallest absolute Gasteiger partial charge is 0.240 e. The fourth-order valence-corrected chi connectivity index (χ4v) is 6.57. The highest BCUT2D eigenvalue weighted by molar-refractivity contribution is 7.90. The number of aromatic nitrogens is 1. The molecule has 7 nitrogen and oxygen atoms in total. The summed E-state index contributed by atoms with van der Waals surface area (Å²) in [6.45, 7) is 0.117. The van der Waals surface area contributed by atoms with Crippen LogP contribution in [0.25, 0.3) is 10.9 Å². The van der Waals surface area contributed by atoms with Gasteiger partial charge in [-0.2, -0.15) is 0 Å². The van der Waals surface area contributed by atoms with Gasteiger partial charge in [-0.15, -0.1) is 0 Å². The van der Waals surface area contributed by atoms with Gasteiger partial charge in [0.1, 0.15) is 0 Å². The van der Waals surface area contributed by atoms with Crippen LogP contribution < -0.4 is 9.44 Å². The van der Waals surface area contributed by atoms with Gasteiger partial charge in [-0.05, 0) is 48.2 Å². The first-order chi connectivity index (χ1) is 16.3. The van der Waals surface area contributed by atoms with Crippen molar-refractivity contribution in [1.29, 1.82) is 0 Å². The largest absolute Gasteiger partial charge is 0.361 e. The van der Waals surface area contributed by atoms with E-state index in [0.29, 0.717) is 0 Å². The molecule has 1 saturated carbocycles. The van der Waals surface area contributed by atoms with Crippen LogP contribution in [0.15, 0.2) is 94.9 Å². The van der Waals surface area contributed by atoms with Gasteiger partial charge in [-0.25, -0.2) is 26.3 Å². The predicted molar refractivity (Wildman–Crippen MR) is 132 cm³/mol. The van der Waals surface area contributed by atoms with Crippen molar-refractivity contribution in [2.45, 2.75) is 34.6 Å². The maximum absolute atomic E-state index is 13.2. The zero-order chi connectivity index (χ0) is 23.8. The molecule has 3 aromatic carbocycles. The fourth-order valence-electron chi connectivity index (χ4n) is 4.05. The minimum Gasteiger partial charge on any atom is -0.361 e. The van der Waals surface area contributed by atoms with Crippen molar-refractivity contribution in [2.75, 3.05) is 6.54 Å². The van der Waals surface area contributed by atoms with Crippen molar-refractivity contribution in [3.63, 3.8) is 0 Å². The molecule has 0 saturated heterocycles. The second kappa shape index (κ2) is 8.99. The molecular formula is C25H25N3O4S2. The molecule has 0 amide bonds. The molecule has 1 aliphatic rings. The molecule has 4 aromatic rings. The third-order valence-electron chi connectivity index (χ3n) is 6.00. The molecule has 1 unspecified atom stereocenters. The summed E-state index contributed by atoms with van der Waals surface area (Å²) in [7, 11) is -7.72. The molecule has 0 aliphatic heterocycles. The topological polar surface area (TPSA) is 108 Å². The number of hydrogen-bond acceptors (Lipinski definition) is 4. The van der Waals surface area contributed by atoms with E-state index < -0.39 is 20.0 Å². The van der Waals surface area contributed by atoms with E-state index in [9.17, 15) is 16.8 Å². The summed E-state index contributed by atoms with van der Waals surface area (Å²) in [5.41, 5.74) is 2.93. The SMILES string of the molecule is O=S(=O)(NCC(c1ccccc1)c1c[nH]c2ccccc12)c1cccc(S(=O)(=O)NC2CC2)c1. The molecule has 1 heterocycles. The summed E-state index contributed by atoms with van der Waals surface area (Å²) in [5.74, 6) is -0.240. The third kappa shape index (κ3) is 4.78. The second-order valence-corrected chi connectivity index (χ2v) is 12.0. The molecule has 1 fully saturated rings. The number of fused-ring (bicyclic) bond motifs is 1. The van der Waals surface area contributed by atoms with Gasteiger partial charge in [-0.3, -0.25) is 0 Å². The molecule has 1 atom stereocenters. The molecule has 1 aromatic heterocycles. The van der Waals surface area contributed by atoms with E-state index in [1.54, 1.807) is 0 Å². The monoisotopic (exact) mass is 495 g/mol. The van der Waals surface area contributed by atoms with Crippen LogP contribution in [0, 0.1) is 0 Å². The van der Waals surface area contributed by atoms with E-state index in [1.807, 2.05) is 60.8 Å². The van der Waals surface area contributed by atoms with Gasteiger partial charge < -0.3 is 4.98 Å². The minimum absolute atomic E-state index is 0.0569. The Kier molecular flexibility index (Phi) is 6.03. The van der Waals surface area contributed by atoms with E-state index in [-0.39, 0.29) is 28.3 Å². The molecule has 5 rings (SSSR count). The number of aromatic amines is 1. The number of para-hydroxylation sites is 1. The minimum atomic E-state index is -3.96. The standard InChI is InChI=1S/C25H25N3O4S2/c29-33(30,20-9-6-10-21(15-20)34(31,32)28-19-13-14-19)27-17-23(18-7-2-1-3-8-18)24-16-26-25-12-5-4-11-22(24)25/h1-12,15-16,19,23,26-28H,13-14,17H2. The maximum Gasteiger partial charge on any atom is 0.240 e. The normalized spacial score (nSPS) is 15.4. The molecule has 9 heteroatoms. The highest BCUT2D eigenvalue weighted by atomic mass is 32.2. The number of sulfonamides is 2. The van der Waals surface area contributed by atoms with Crippen molar-refractivity contribution in [3.8, 4) is 0 Å². The van der Waals surface area contributed by atoms with Crippen molar-refractivity contribution < 1.29 is 16.8 Å². The zero-order valence-corrected chi connectivity index (χ0v) is 19.9. The van der Waals surface area contributed by atoms with E-state index in [0.717, 1.165) is 34.9 Å². The molecule has 176 valence electrons. The number of rotatable bonds is 9. The van der Waals surface area contributed by atoms with Crippen molar-refractivity contribution in [1.82, 2.24) is 14.4 Å². The number of nitrogens with one attached hydrogen (secondary N) is 3. The highest BCUT2D eigenvalue weighted by Crippen LogP contribution is 2.31. The lowest BCUT2D eigenvalue weighted by Gasteiger charge is -2.18. The number of benzene rings is 3. The number of hydrogen-bond donors (Lipinski definition) is 3. The quantitative estimate of drug-likeness (QED) is 0.329. The summed E-state index contributed by atoms with van der Waals surface area (Å²) in [6.07, 6.45) is 3.51. The van der Waals surface area contributed by atoms with Crippen molar-refractivity contribution >= 4 is 30.9 Å². The Morgan fingerprint density at radius 1 is 0.824 bits per heavy atom. The first kappa shape index (κ1) is 22.8. The van der Waals surface area contributed by atoms with Gasteiger partial charge in [0, 0.05) is 35.6 Å². The van der Waals surface area contributed by atoms with Gasteiger partial charge in [0.25, 0.3) is 0 Å². The van der Waals surface area contributed by atoms with E-state index in [1.165, 1.54) is 24.3 Å². The van der Waals surface area contributed by atoms with Crippen LogP contribution in [0.1, 0.15) is 29.9 Å². The van der Waals surface area contributed by atoms with Gasteiger partial charge in [0.2, 0.25) is 20.0 Å². The molecule has 0 bridgehead atoms. The molecular weight excluding hydrogens is 470 g/mol. The van der Waals surface area contributed by atoms with Gasteiger partial charge in [0.15, 0.2) is 0 Å². The molecule has 3 N–H and O–H groups in total. The highest BCUT2D eigenvalue weighted by Gasteiger charge is 2.29. The Bertz CT molecular complexity index is 1530. The van der Waals surface area contributed by atoms with Crippen LogP contribution in [0.4, 0.5) is 0 Å². The first-order valence-electron chi connectivity index (χ1n) is 11.1. The Morgan fingerprint density at radius 3 is 2.24 bits per heavy atom. The lowest BCUT2D eigenvalue weighted by atomic mass is 9.91. The van der Waals surface area contributed by atoms with Crippen LogP contribution in [0.3, 0.4) is 0 Å². The Labute approximate surface area is 199 Å². The Balaban J connectivity index is 1.44. The first-order valence-corrected chi connectivity index (χ1v) is 14.0. The lowest BCUT2D eigenvalue weighted by molar-refractivity contribution is 0.576. The number of H-pyrrole nitrogens is 1. The summed E-state index contributed by atoms with van der Waals surface area (Å²) in [4.78, 5) is 3.12. The molecule has 0 spiro atoms. The third-order valence-corrected chi connectivity index (χ3v) is 8.94. The van der Waals surface area contributed by atoms with E-state index in [4.69, 9.17) is 0 Å². The summed E-state index contributed by atoms with van der Waals surface area (Å²) in [5, 5.41) is 1.02. The maximum atomic E-state index is 13.2. The lowest BCUT2D eigenvalue weighted by Crippen LogP contribution is -2.30. The van der Waals surface area contributed by atoms with Gasteiger partial charge in [0.05, 0.1) is 9.79 Å². The summed E-state index contributed by atoms with van der Waals surface area (Å²) >= 11 is 0. The average Bonchev–Trinajstić information content (AvgIpc) is 3.55. The van der Waals surface area contributed by atoms with Crippen LogP contribution in [0.5, 0.6) is 0 Å². The van der Waals surface area contributed by atoms with Crippen LogP contribution in [-0.2, 0) is 20.0 Å². The van der Waals surface area contributed by atoms with Crippen LogP contribution >= 0.6 is 0 Å². The van der Waals surface area contributed by atoms with Gasteiger partial charge >= 0.3 is 0 Å². The average molecular weight is 496 g/mol. The van der Waals surface area contributed by atoms with Crippen LogP contribution in [0.2, 0.25) is 0 Å². The molecule has 0 radical (unpaired) electrons. The van der Waals surface area contributed by atoms with E-state index in [2.05, 4.69) is 14.4 Å².